The largest absolute Gasteiger partial charge is 0.256 e. The Morgan fingerprint density at radius 1 is 0.731 bits per heavy atom. The van der Waals surface area contributed by atoms with Gasteiger partial charge in [-0.15, -0.1) is 0 Å². The van der Waals surface area contributed by atoms with Gasteiger partial charge < -0.3 is 0 Å². The zero-order valence-electron chi connectivity index (χ0n) is 16.6. The number of benzene rings is 2. The molecular formula is C24H28BN. The minimum atomic E-state index is 0.173. The molecule has 0 spiro atoms. The molecule has 0 aliphatic rings. The average molecular weight is 341 g/mol. The standard InChI is InChI=1S/C24H28BN/c1-23(2,3)17-24(4,25)21-13-10-18(11-14-21)20-12-15-22(26-16-20)19-8-6-5-7-9-19/h5-16H,17,25H2,1-4H3. The van der Waals surface area contributed by atoms with Crippen molar-refractivity contribution in [3.8, 4) is 22.4 Å². The number of hydrogen-bond acceptors (Lipinski definition) is 1. The molecule has 0 N–H and O–H groups in total. The van der Waals surface area contributed by atoms with E-state index in [1.807, 2.05) is 24.4 Å². The number of nitrogens with zero attached hydrogens (tertiary/aromatic N) is 1. The highest BCUT2D eigenvalue weighted by atomic mass is 14.7. The lowest BCUT2D eigenvalue weighted by atomic mass is 9.59. The fraction of sp³-hybridized carbons (Fsp3) is 0.292. The summed E-state index contributed by atoms with van der Waals surface area (Å²) in [6.45, 7) is 9.26. The highest BCUT2D eigenvalue weighted by Crippen LogP contribution is 2.35. The molecule has 1 nitrogen and oxygen atoms in total. The first-order valence-electron chi connectivity index (χ1n) is 9.37. The van der Waals surface area contributed by atoms with Crippen molar-refractivity contribution in [2.45, 2.75) is 39.4 Å². The maximum atomic E-state index is 4.64. The summed E-state index contributed by atoms with van der Waals surface area (Å²) >= 11 is 0. The van der Waals surface area contributed by atoms with E-state index in [9.17, 15) is 0 Å². The van der Waals surface area contributed by atoms with Crippen molar-refractivity contribution in [1.29, 1.82) is 0 Å². The van der Waals surface area contributed by atoms with Crippen LogP contribution < -0.4 is 0 Å². The van der Waals surface area contributed by atoms with Crippen LogP contribution in [0.2, 0.25) is 0 Å². The van der Waals surface area contributed by atoms with Gasteiger partial charge in [0.05, 0.1) is 5.69 Å². The van der Waals surface area contributed by atoms with Crippen molar-refractivity contribution in [2.75, 3.05) is 0 Å². The molecule has 0 aliphatic heterocycles. The molecule has 0 saturated heterocycles. The first kappa shape index (κ1) is 18.4. The second-order valence-corrected chi connectivity index (χ2v) is 9.00. The molecule has 132 valence electrons. The van der Waals surface area contributed by atoms with Crippen LogP contribution in [0.1, 0.15) is 39.7 Å². The van der Waals surface area contributed by atoms with Crippen LogP contribution in [0.15, 0.2) is 72.9 Å². The van der Waals surface area contributed by atoms with E-state index in [0.717, 1.165) is 23.2 Å². The second kappa shape index (κ2) is 7.11. The molecule has 0 amide bonds. The van der Waals surface area contributed by atoms with Crippen LogP contribution in [0.5, 0.6) is 0 Å². The summed E-state index contributed by atoms with van der Waals surface area (Å²) in [7, 11) is 2.34. The fourth-order valence-electron chi connectivity index (χ4n) is 3.89. The molecule has 3 aromatic rings. The molecule has 3 rings (SSSR count). The molecule has 26 heavy (non-hydrogen) atoms. The number of rotatable bonds is 4. The molecule has 1 atom stereocenters. The first-order chi connectivity index (χ1) is 12.2. The first-order valence-corrected chi connectivity index (χ1v) is 9.37. The van der Waals surface area contributed by atoms with Crippen molar-refractivity contribution in [2.24, 2.45) is 5.41 Å². The lowest BCUT2D eigenvalue weighted by Crippen LogP contribution is -2.28. The molecule has 0 saturated carbocycles. The highest BCUT2D eigenvalue weighted by molar-refractivity contribution is 6.15. The highest BCUT2D eigenvalue weighted by Gasteiger charge is 2.27. The lowest BCUT2D eigenvalue weighted by Gasteiger charge is -2.33. The van der Waals surface area contributed by atoms with Crippen LogP contribution >= 0.6 is 0 Å². The van der Waals surface area contributed by atoms with Crippen LogP contribution in [-0.2, 0) is 5.31 Å². The Morgan fingerprint density at radius 3 is 1.88 bits per heavy atom. The molecular weight excluding hydrogens is 313 g/mol. The molecule has 2 aromatic carbocycles. The van der Waals surface area contributed by atoms with Gasteiger partial charge in [-0.2, -0.15) is 0 Å². The summed E-state index contributed by atoms with van der Waals surface area (Å²) in [4.78, 5) is 4.64. The minimum absolute atomic E-state index is 0.173. The van der Waals surface area contributed by atoms with E-state index in [1.165, 1.54) is 11.1 Å². The molecule has 0 radical (unpaired) electrons. The Morgan fingerprint density at radius 2 is 1.35 bits per heavy atom. The van der Waals surface area contributed by atoms with E-state index in [4.69, 9.17) is 0 Å². The third kappa shape index (κ3) is 4.43. The molecule has 1 aromatic heterocycles. The van der Waals surface area contributed by atoms with E-state index < -0.39 is 0 Å². The van der Waals surface area contributed by atoms with Gasteiger partial charge in [-0.25, -0.2) is 0 Å². The van der Waals surface area contributed by atoms with Gasteiger partial charge >= 0.3 is 0 Å². The smallest absolute Gasteiger partial charge is 0.114 e. The van der Waals surface area contributed by atoms with E-state index in [0.29, 0.717) is 5.41 Å². The SMILES string of the molecule is BC(C)(CC(C)(C)C)c1ccc(-c2ccc(-c3ccccc3)nc2)cc1. The quantitative estimate of drug-likeness (QED) is 0.555. The Hall–Kier alpha value is -2.35. The van der Waals surface area contributed by atoms with Gasteiger partial charge in [0.1, 0.15) is 7.85 Å². The Bertz CT molecular complexity index is 841. The molecule has 2 heteroatoms. The predicted molar refractivity (Wildman–Crippen MR) is 115 cm³/mol. The van der Waals surface area contributed by atoms with Gasteiger partial charge in [0.25, 0.3) is 0 Å². The summed E-state index contributed by atoms with van der Waals surface area (Å²) in [5.74, 6) is 0. The van der Waals surface area contributed by atoms with E-state index in [1.54, 1.807) is 0 Å². The summed E-state index contributed by atoms with van der Waals surface area (Å²) < 4.78 is 0. The topological polar surface area (TPSA) is 12.9 Å². The van der Waals surface area contributed by atoms with Crippen molar-refractivity contribution < 1.29 is 0 Å². The molecule has 0 aliphatic carbocycles. The molecule has 0 fully saturated rings. The van der Waals surface area contributed by atoms with Gasteiger partial charge in [0.15, 0.2) is 0 Å². The van der Waals surface area contributed by atoms with E-state index in [2.05, 4.69) is 89.1 Å². The van der Waals surface area contributed by atoms with Gasteiger partial charge in [0.2, 0.25) is 0 Å². The van der Waals surface area contributed by atoms with Crippen molar-refractivity contribution >= 4 is 7.85 Å². The van der Waals surface area contributed by atoms with Crippen LogP contribution in [-0.4, -0.2) is 12.8 Å². The third-order valence-electron chi connectivity index (χ3n) is 4.81. The number of aromatic nitrogens is 1. The monoisotopic (exact) mass is 341 g/mol. The maximum absolute atomic E-state index is 4.64. The Kier molecular flexibility index (Phi) is 5.04. The number of hydrogen-bond donors (Lipinski definition) is 0. The molecule has 0 bridgehead atoms. The van der Waals surface area contributed by atoms with Crippen molar-refractivity contribution in [3.63, 3.8) is 0 Å². The van der Waals surface area contributed by atoms with E-state index >= 15 is 0 Å². The Labute approximate surface area is 158 Å². The summed E-state index contributed by atoms with van der Waals surface area (Å²) in [6.07, 6.45) is 3.13. The Balaban J connectivity index is 1.81. The minimum Gasteiger partial charge on any atom is -0.256 e. The second-order valence-electron chi connectivity index (χ2n) is 9.00. The van der Waals surface area contributed by atoms with Crippen LogP contribution in [0.25, 0.3) is 22.4 Å². The fourth-order valence-corrected chi connectivity index (χ4v) is 3.89. The van der Waals surface area contributed by atoms with Crippen LogP contribution in [0, 0.1) is 5.41 Å². The van der Waals surface area contributed by atoms with Gasteiger partial charge in [-0.05, 0) is 28.8 Å². The summed E-state index contributed by atoms with van der Waals surface area (Å²) in [5, 5.41) is 0.173. The van der Waals surface area contributed by atoms with Gasteiger partial charge in [-0.3, -0.25) is 4.98 Å². The molecule has 1 unspecified atom stereocenters. The van der Waals surface area contributed by atoms with Crippen LogP contribution in [0.4, 0.5) is 0 Å². The van der Waals surface area contributed by atoms with Crippen molar-refractivity contribution in [3.05, 3.63) is 78.5 Å². The molecule has 1 heterocycles. The lowest BCUT2D eigenvalue weighted by molar-refractivity contribution is 0.327. The zero-order chi connectivity index (χ0) is 18.8. The van der Waals surface area contributed by atoms with Gasteiger partial charge in [-0.1, -0.05) is 93.9 Å². The maximum Gasteiger partial charge on any atom is 0.114 e. The predicted octanol–water partition coefficient (Wildman–Crippen LogP) is 5.70. The average Bonchev–Trinajstić information content (AvgIpc) is 2.61. The summed E-state index contributed by atoms with van der Waals surface area (Å²) in [5.41, 5.74) is 6.25. The zero-order valence-corrected chi connectivity index (χ0v) is 16.6. The third-order valence-corrected chi connectivity index (χ3v) is 4.81. The van der Waals surface area contributed by atoms with E-state index in [-0.39, 0.29) is 5.31 Å². The van der Waals surface area contributed by atoms with Gasteiger partial charge in [0, 0.05) is 17.3 Å². The van der Waals surface area contributed by atoms with Crippen LogP contribution in [0.3, 0.4) is 0 Å². The summed E-state index contributed by atoms with van der Waals surface area (Å²) in [6, 6.07) is 23.5. The normalized spacial score (nSPS) is 14.0. The number of pyridine rings is 1. The van der Waals surface area contributed by atoms with Crippen molar-refractivity contribution in [1.82, 2.24) is 4.98 Å².